The van der Waals surface area contributed by atoms with Gasteiger partial charge in [0.05, 0.1) is 0 Å². The molecule has 0 atom stereocenters. The number of phenols is 1. The highest BCUT2D eigenvalue weighted by molar-refractivity contribution is 9.10. The first-order chi connectivity index (χ1) is 5.95. The molecule has 0 spiro atoms. The quantitative estimate of drug-likeness (QED) is 0.793. The topological polar surface area (TPSA) is 20.2 Å². The van der Waals surface area contributed by atoms with E-state index in [-0.39, 0.29) is 0 Å². The molecule has 2 heteroatoms. The first kappa shape index (κ1) is 10.6. The molecular weight excluding hydrogens is 228 g/mol. The molecule has 1 nitrogen and oxygen atoms in total. The second-order valence-corrected chi connectivity index (χ2v) is 4.57. The molecule has 13 heavy (non-hydrogen) atoms. The Balaban J connectivity index is 3.44. The number of phenolic OH excluding ortho intramolecular Hbond substituents is 1. The Morgan fingerprint density at radius 3 is 2.31 bits per heavy atom. The van der Waals surface area contributed by atoms with Crippen LogP contribution in [-0.4, -0.2) is 5.11 Å². The van der Waals surface area contributed by atoms with E-state index >= 15 is 0 Å². The minimum Gasteiger partial charge on any atom is -0.507 e. The summed E-state index contributed by atoms with van der Waals surface area (Å²) in [5.41, 5.74) is 3.11. The molecule has 0 aliphatic heterocycles. The summed E-state index contributed by atoms with van der Waals surface area (Å²) in [5, 5.41) is 9.74. The fraction of sp³-hybridized carbons (Fsp3) is 0.455. The lowest BCUT2D eigenvalue weighted by Gasteiger charge is -2.15. The maximum Gasteiger partial charge on any atom is 0.121 e. The summed E-state index contributed by atoms with van der Waals surface area (Å²) in [4.78, 5) is 0. The van der Waals surface area contributed by atoms with E-state index in [1.54, 1.807) is 0 Å². The Morgan fingerprint density at radius 2 is 1.85 bits per heavy atom. The van der Waals surface area contributed by atoms with E-state index in [9.17, 15) is 5.11 Å². The van der Waals surface area contributed by atoms with Crippen molar-refractivity contribution in [2.45, 2.75) is 33.6 Å². The molecule has 0 unspecified atom stereocenters. The predicted octanol–water partition coefficient (Wildman–Crippen LogP) is 3.89. The van der Waals surface area contributed by atoms with Gasteiger partial charge in [-0.1, -0.05) is 29.8 Å². The Morgan fingerprint density at radius 1 is 1.31 bits per heavy atom. The van der Waals surface area contributed by atoms with E-state index in [0.717, 1.165) is 15.6 Å². The Hall–Kier alpha value is -0.500. The van der Waals surface area contributed by atoms with Crippen LogP contribution in [0.3, 0.4) is 0 Å². The van der Waals surface area contributed by atoms with Crippen molar-refractivity contribution in [1.29, 1.82) is 0 Å². The summed E-state index contributed by atoms with van der Waals surface area (Å²) in [7, 11) is 0. The monoisotopic (exact) mass is 242 g/mol. The van der Waals surface area contributed by atoms with Gasteiger partial charge in [-0.15, -0.1) is 0 Å². The highest BCUT2D eigenvalue weighted by Gasteiger charge is 2.13. The van der Waals surface area contributed by atoms with E-state index in [1.807, 2.05) is 19.9 Å². The lowest BCUT2D eigenvalue weighted by atomic mass is 9.95. The van der Waals surface area contributed by atoms with Gasteiger partial charge in [-0.25, -0.2) is 0 Å². The van der Waals surface area contributed by atoms with E-state index in [2.05, 4.69) is 29.8 Å². The predicted molar refractivity (Wildman–Crippen MR) is 59.4 cm³/mol. The molecule has 0 saturated carbocycles. The molecule has 0 bridgehead atoms. The number of aryl methyl sites for hydroxylation is 1. The van der Waals surface area contributed by atoms with Gasteiger partial charge in [0.15, 0.2) is 0 Å². The van der Waals surface area contributed by atoms with Crippen LogP contribution in [0.1, 0.15) is 36.5 Å². The Labute approximate surface area is 87.9 Å². The van der Waals surface area contributed by atoms with Gasteiger partial charge in [0, 0.05) is 4.47 Å². The lowest BCUT2D eigenvalue weighted by Crippen LogP contribution is -1.95. The van der Waals surface area contributed by atoms with Gasteiger partial charge in [0.2, 0.25) is 0 Å². The van der Waals surface area contributed by atoms with Gasteiger partial charge in [0.1, 0.15) is 5.75 Å². The fourth-order valence-electron chi connectivity index (χ4n) is 1.65. The van der Waals surface area contributed by atoms with Gasteiger partial charge in [-0.05, 0) is 42.5 Å². The number of aromatic hydroxyl groups is 1. The number of hydrogen-bond donors (Lipinski definition) is 1. The average molecular weight is 243 g/mol. The molecule has 0 aromatic heterocycles. The van der Waals surface area contributed by atoms with E-state index in [1.165, 1.54) is 5.56 Å². The molecule has 1 aromatic rings. The van der Waals surface area contributed by atoms with Crippen LogP contribution in [0, 0.1) is 13.8 Å². The van der Waals surface area contributed by atoms with Gasteiger partial charge in [-0.3, -0.25) is 0 Å². The zero-order valence-electron chi connectivity index (χ0n) is 8.48. The minimum atomic E-state index is 0.423. The smallest absolute Gasteiger partial charge is 0.121 e. The number of benzene rings is 1. The molecule has 0 saturated heterocycles. The number of halogens is 1. The van der Waals surface area contributed by atoms with Crippen LogP contribution in [0.5, 0.6) is 5.75 Å². The van der Waals surface area contributed by atoms with Crippen LogP contribution in [0.4, 0.5) is 0 Å². The largest absolute Gasteiger partial charge is 0.507 e. The second-order valence-electron chi connectivity index (χ2n) is 3.72. The highest BCUT2D eigenvalue weighted by Crippen LogP contribution is 2.35. The Kier molecular flexibility index (Phi) is 3.01. The molecule has 0 fully saturated rings. The summed E-state index contributed by atoms with van der Waals surface area (Å²) in [6, 6.07) is 1.97. The average Bonchev–Trinajstić information content (AvgIpc) is 1.99. The van der Waals surface area contributed by atoms with Crippen LogP contribution in [0.2, 0.25) is 0 Å². The SMILES string of the molecule is Cc1cc(Br)c(C(C)C)c(C)c1O. The fourth-order valence-corrected chi connectivity index (χ4v) is 2.75. The van der Waals surface area contributed by atoms with Crippen molar-refractivity contribution in [2.24, 2.45) is 0 Å². The third-order valence-corrected chi connectivity index (χ3v) is 2.97. The van der Waals surface area contributed by atoms with Gasteiger partial charge in [-0.2, -0.15) is 0 Å². The second kappa shape index (κ2) is 3.70. The van der Waals surface area contributed by atoms with Crippen molar-refractivity contribution < 1.29 is 5.11 Å². The maximum absolute atomic E-state index is 9.74. The van der Waals surface area contributed by atoms with Crippen molar-refractivity contribution in [3.63, 3.8) is 0 Å². The summed E-state index contributed by atoms with van der Waals surface area (Å²) in [6.45, 7) is 8.13. The van der Waals surface area contributed by atoms with Crippen molar-refractivity contribution >= 4 is 15.9 Å². The summed E-state index contributed by atoms with van der Waals surface area (Å²) in [5.74, 6) is 0.854. The lowest BCUT2D eigenvalue weighted by molar-refractivity contribution is 0.465. The van der Waals surface area contributed by atoms with Crippen molar-refractivity contribution in [1.82, 2.24) is 0 Å². The number of hydrogen-bond acceptors (Lipinski definition) is 1. The Bertz CT molecular complexity index is 329. The third kappa shape index (κ3) is 1.88. The van der Waals surface area contributed by atoms with Crippen molar-refractivity contribution in [3.05, 3.63) is 27.2 Å². The maximum atomic E-state index is 9.74. The summed E-state index contributed by atoms with van der Waals surface area (Å²) < 4.78 is 1.09. The molecule has 0 heterocycles. The van der Waals surface area contributed by atoms with Gasteiger partial charge >= 0.3 is 0 Å². The molecule has 1 N–H and O–H groups in total. The van der Waals surface area contributed by atoms with Crippen molar-refractivity contribution in [3.8, 4) is 5.75 Å². The summed E-state index contributed by atoms with van der Waals surface area (Å²) >= 11 is 3.52. The van der Waals surface area contributed by atoms with Crippen LogP contribution < -0.4 is 0 Å². The van der Waals surface area contributed by atoms with Gasteiger partial charge in [0.25, 0.3) is 0 Å². The first-order valence-corrected chi connectivity index (χ1v) is 5.23. The van der Waals surface area contributed by atoms with E-state index < -0.39 is 0 Å². The molecule has 0 aliphatic carbocycles. The molecular formula is C11H15BrO. The minimum absolute atomic E-state index is 0.423. The third-order valence-electron chi connectivity index (χ3n) is 2.31. The number of rotatable bonds is 1. The molecule has 72 valence electrons. The molecule has 0 radical (unpaired) electrons. The molecule has 1 aromatic carbocycles. The van der Waals surface area contributed by atoms with Crippen LogP contribution in [0.25, 0.3) is 0 Å². The first-order valence-electron chi connectivity index (χ1n) is 4.43. The van der Waals surface area contributed by atoms with E-state index in [4.69, 9.17) is 0 Å². The van der Waals surface area contributed by atoms with Crippen LogP contribution in [-0.2, 0) is 0 Å². The molecule has 0 amide bonds. The standard InChI is InChI=1S/C11H15BrO/c1-6(2)10-8(4)11(13)7(3)5-9(10)12/h5-6,13H,1-4H3. The van der Waals surface area contributed by atoms with Crippen molar-refractivity contribution in [2.75, 3.05) is 0 Å². The normalized spacial score (nSPS) is 10.9. The molecule has 1 rings (SSSR count). The van der Waals surface area contributed by atoms with Crippen LogP contribution >= 0.6 is 15.9 Å². The molecule has 0 aliphatic rings. The van der Waals surface area contributed by atoms with E-state index in [0.29, 0.717) is 11.7 Å². The zero-order valence-corrected chi connectivity index (χ0v) is 10.1. The summed E-state index contributed by atoms with van der Waals surface area (Å²) in [6.07, 6.45) is 0. The van der Waals surface area contributed by atoms with Crippen LogP contribution in [0.15, 0.2) is 10.5 Å². The highest BCUT2D eigenvalue weighted by atomic mass is 79.9. The zero-order chi connectivity index (χ0) is 10.2. The van der Waals surface area contributed by atoms with Gasteiger partial charge < -0.3 is 5.11 Å².